The van der Waals surface area contributed by atoms with Crippen molar-refractivity contribution >= 4 is 11.7 Å². The largest absolute Gasteiger partial charge is 0.481 e. The lowest BCUT2D eigenvalue weighted by Gasteiger charge is -2.34. The molecule has 0 saturated carbocycles. The predicted molar refractivity (Wildman–Crippen MR) is 80.0 cm³/mol. The first-order chi connectivity index (χ1) is 9.56. The summed E-state index contributed by atoms with van der Waals surface area (Å²) < 4.78 is 0. The molecular weight excluding hydrogens is 254 g/mol. The lowest BCUT2D eigenvalue weighted by Crippen LogP contribution is -2.44. The van der Waals surface area contributed by atoms with E-state index in [4.69, 9.17) is 10.8 Å². The van der Waals surface area contributed by atoms with Crippen LogP contribution in [0.5, 0.6) is 0 Å². The lowest BCUT2D eigenvalue weighted by atomic mass is 10.0. The molecule has 1 saturated heterocycles. The highest BCUT2D eigenvalue weighted by atomic mass is 16.4. The standard InChI is InChI=1S/C15H23N3O2/c1-17-7-9-18(10-8-17)13-4-2-3-12(11-13)14(16)5-6-15(19)20/h2-4,11,14H,5-10,16H2,1H3,(H,19,20). The molecular formula is C15H23N3O2. The van der Waals surface area contributed by atoms with Crippen molar-refractivity contribution in [2.24, 2.45) is 5.73 Å². The Hall–Kier alpha value is -1.59. The summed E-state index contributed by atoms with van der Waals surface area (Å²) in [7, 11) is 2.13. The number of carboxylic acids is 1. The third kappa shape index (κ3) is 3.95. The van der Waals surface area contributed by atoms with E-state index in [1.54, 1.807) is 0 Å². The van der Waals surface area contributed by atoms with Crippen molar-refractivity contribution in [3.63, 3.8) is 0 Å². The molecule has 110 valence electrons. The van der Waals surface area contributed by atoms with E-state index >= 15 is 0 Å². The van der Waals surface area contributed by atoms with Gasteiger partial charge in [-0.2, -0.15) is 0 Å². The fraction of sp³-hybridized carbons (Fsp3) is 0.533. The van der Waals surface area contributed by atoms with Gasteiger partial charge < -0.3 is 20.6 Å². The van der Waals surface area contributed by atoms with Crippen molar-refractivity contribution < 1.29 is 9.90 Å². The van der Waals surface area contributed by atoms with E-state index in [1.165, 1.54) is 5.69 Å². The average Bonchev–Trinajstić information content (AvgIpc) is 2.45. The second-order valence-electron chi connectivity index (χ2n) is 5.42. The van der Waals surface area contributed by atoms with Crippen molar-refractivity contribution in [2.75, 3.05) is 38.1 Å². The molecule has 1 aromatic carbocycles. The highest BCUT2D eigenvalue weighted by Crippen LogP contribution is 2.23. The van der Waals surface area contributed by atoms with Gasteiger partial charge in [0.25, 0.3) is 0 Å². The molecule has 5 nitrogen and oxygen atoms in total. The van der Waals surface area contributed by atoms with Gasteiger partial charge in [-0.1, -0.05) is 12.1 Å². The summed E-state index contributed by atoms with van der Waals surface area (Å²) in [5.41, 5.74) is 8.27. The molecule has 1 unspecified atom stereocenters. The Bertz CT molecular complexity index is 456. The van der Waals surface area contributed by atoms with E-state index in [0.29, 0.717) is 6.42 Å². The summed E-state index contributed by atoms with van der Waals surface area (Å²) in [6.07, 6.45) is 0.585. The Morgan fingerprint density at radius 1 is 1.35 bits per heavy atom. The van der Waals surface area contributed by atoms with E-state index in [-0.39, 0.29) is 12.5 Å². The normalized spacial score (nSPS) is 18.0. The number of nitrogens with zero attached hydrogens (tertiary/aromatic N) is 2. The molecule has 1 aliphatic rings. The minimum atomic E-state index is -0.796. The number of hydrogen-bond donors (Lipinski definition) is 2. The number of benzene rings is 1. The monoisotopic (exact) mass is 277 g/mol. The molecule has 1 fully saturated rings. The SMILES string of the molecule is CN1CCN(c2cccc(C(N)CCC(=O)O)c2)CC1. The summed E-state index contributed by atoms with van der Waals surface area (Å²) in [5, 5.41) is 8.72. The maximum absolute atomic E-state index is 10.6. The van der Waals surface area contributed by atoms with Crippen LogP contribution in [0.1, 0.15) is 24.4 Å². The number of aliphatic carboxylic acids is 1. The zero-order chi connectivity index (χ0) is 14.5. The number of anilines is 1. The van der Waals surface area contributed by atoms with Crippen LogP contribution in [0.25, 0.3) is 0 Å². The molecule has 20 heavy (non-hydrogen) atoms. The topological polar surface area (TPSA) is 69.8 Å². The number of nitrogens with two attached hydrogens (primary N) is 1. The lowest BCUT2D eigenvalue weighted by molar-refractivity contribution is -0.137. The van der Waals surface area contributed by atoms with Gasteiger partial charge in [0.1, 0.15) is 0 Å². The Labute approximate surface area is 120 Å². The van der Waals surface area contributed by atoms with E-state index in [2.05, 4.69) is 29.0 Å². The molecule has 0 spiro atoms. The van der Waals surface area contributed by atoms with Crippen LogP contribution in [0.2, 0.25) is 0 Å². The molecule has 0 amide bonds. The van der Waals surface area contributed by atoms with Gasteiger partial charge in [-0.15, -0.1) is 0 Å². The number of likely N-dealkylation sites (N-methyl/N-ethyl adjacent to an activating group) is 1. The van der Waals surface area contributed by atoms with Gasteiger partial charge in [0.05, 0.1) is 0 Å². The van der Waals surface area contributed by atoms with Crippen LogP contribution in [0.3, 0.4) is 0 Å². The van der Waals surface area contributed by atoms with Gasteiger partial charge in [0, 0.05) is 44.3 Å². The Morgan fingerprint density at radius 3 is 2.70 bits per heavy atom. The number of piperazine rings is 1. The Kier molecular flexibility index (Phi) is 4.98. The smallest absolute Gasteiger partial charge is 0.303 e. The van der Waals surface area contributed by atoms with Gasteiger partial charge in [-0.05, 0) is 31.2 Å². The highest BCUT2D eigenvalue weighted by Gasteiger charge is 2.15. The number of hydrogen-bond acceptors (Lipinski definition) is 4. The van der Waals surface area contributed by atoms with Crippen molar-refractivity contribution in [1.29, 1.82) is 0 Å². The molecule has 0 aromatic heterocycles. The summed E-state index contributed by atoms with van der Waals surface area (Å²) in [6, 6.07) is 7.96. The fourth-order valence-corrected chi connectivity index (χ4v) is 2.46. The second kappa shape index (κ2) is 6.72. The third-order valence-electron chi connectivity index (χ3n) is 3.84. The first-order valence-corrected chi connectivity index (χ1v) is 7.07. The van der Waals surface area contributed by atoms with Crippen LogP contribution in [0, 0.1) is 0 Å². The quantitative estimate of drug-likeness (QED) is 0.849. The highest BCUT2D eigenvalue weighted by molar-refractivity contribution is 5.66. The molecule has 1 aromatic rings. The zero-order valence-electron chi connectivity index (χ0n) is 12.0. The van der Waals surface area contributed by atoms with E-state index in [9.17, 15) is 4.79 Å². The van der Waals surface area contributed by atoms with E-state index in [1.807, 2.05) is 12.1 Å². The zero-order valence-corrected chi connectivity index (χ0v) is 12.0. The summed E-state index contributed by atoms with van der Waals surface area (Å²) >= 11 is 0. The van der Waals surface area contributed by atoms with Gasteiger partial charge in [-0.3, -0.25) is 4.79 Å². The summed E-state index contributed by atoms with van der Waals surface area (Å²) in [6.45, 7) is 4.17. The Balaban J connectivity index is 2.01. The van der Waals surface area contributed by atoms with Gasteiger partial charge in [0.15, 0.2) is 0 Å². The molecule has 0 aliphatic carbocycles. The minimum absolute atomic E-state index is 0.111. The second-order valence-corrected chi connectivity index (χ2v) is 5.42. The van der Waals surface area contributed by atoms with Crippen LogP contribution in [0.15, 0.2) is 24.3 Å². The number of carboxylic acid groups (broad SMARTS) is 1. The molecule has 1 aliphatic heterocycles. The van der Waals surface area contributed by atoms with Crippen LogP contribution in [-0.4, -0.2) is 49.2 Å². The van der Waals surface area contributed by atoms with E-state index < -0.39 is 5.97 Å². The number of carbonyl (C=O) groups is 1. The maximum Gasteiger partial charge on any atom is 0.303 e. The first-order valence-electron chi connectivity index (χ1n) is 7.07. The van der Waals surface area contributed by atoms with Gasteiger partial charge in [0.2, 0.25) is 0 Å². The molecule has 1 heterocycles. The van der Waals surface area contributed by atoms with Crippen molar-refractivity contribution in [3.05, 3.63) is 29.8 Å². The molecule has 5 heteroatoms. The third-order valence-corrected chi connectivity index (χ3v) is 3.84. The van der Waals surface area contributed by atoms with Crippen molar-refractivity contribution in [3.8, 4) is 0 Å². The Morgan fingerprint density at radius 2 is 2.05 bits per heavy atom. The van der Waals surface area contributed by atoms with Crippen LogP contribution in [-0.2, 0) is 4.79 Å². The molecule has 2 rings (SSSR count). The van der Waals surface area contributed by atoms with Crippen LogP contribution >= 0.6 is 0 Å². The van der Waals surface area contributed by atoms with Crippen molar-refractivity contribution in [1.82, 2.24) is 4.90 Å². The maximum atomic E-state index is 10.6. The molecule has 0 bridgehead atoms. The minimum Gasteiger partial charge on any atom is -0.481 e. The van der Waals surface area contributed by atoms with Gasteiger partial charge in [-0.25, -0.2) is 0 Å². The molecule has 1 atom stereocenters. The molecule has 3 N–H and O–H groups in total. The number of rotatable bonds is 5. The van der Waals surface area contributed by atoms with Gasteiger partial charge >= 0.3 is 5.97 Å². The van der Waals surface area contributed by atoms with Crippen LogP contribution in [0.4, 0.5) is 5.69 Å². The van der Waals surface area contributed by atoms with Crippen molar-refractivity contribution in [2.45, 2.75) is 18.9 Å². The summed E-state index contributed by atoms with van der Waals surface area (Å²) in [5.74, 6) is -0.796. The fourth-order valence-electron chi connectivity index (χ4n) is 2.46. The first kappa shape index (κ1) is 14.8. The van der Waals surface area contributed by atoms with Crippen LogP contribution < -0.4 is 10.6 Å². The summed E-state index contributed by atoms with van der Waals surface area (Å²) in [4.78, 5) is 15.3. The molecule has 0 radical (unpaired) electrons. The van der Waals surface area contributed by atoms with E-state index in [0.717, 1.165) is 31.7 Å². The average molecular weight is 277 g/mol. The predicted octanol–water partition coefficient (Wildman–Crippen LogP) is 1.30.